The smallest absolute Gasteiger partial charge is 0.242 e. The summed E-state index contributed by atoms with van der Waals surface area (Å²) in [6, 6.07) is 1.69. The fourth-order valence-corrected chi connectivity index (χ4v) is 6.33. The number of sulfonamides is 1. The van der Waals surface area contributed by atoms with E-state index in [1.165, 1.54) is 11.3 Å². The second-order valence-corrected chi connectivity index (χ2v) is 11.6. The first-order valence-corrected chi connectivity index (χ1v) is 12.9. The van der Waals surface area contributed by atoms with Crippen LogP contribution in [0.4, 0.5) is 5.69 Å². The Bertz CT molecular complexity index is 1280. The lowest BCUT2D eigenvalue weighted by atomic mass is 10.0. The molecule has 5 rings (SSSR count). The molecule has 0 aliphatic carbocycles. The van der Waals surface area contributed by atoms with E-state index in [1.807, 2.05) is 20.8 Å². The van der Waals surface area contributed by atoms with Gasteiger partial charge in [-0.25, -0.2) is 18.1 Å². The van der Waals surface area contributed by atoms with E-state index in [9.17, 15) is 13.5 Å². The van der Waals surface area contributed by atoms with Crippen LogP contribution in [0.15, 0.2) is 23.4 Å². The Balaban J connectivity index is 1.66. The molecule has 0 aromatic carbocycles. The van der Waals surface area contributed by atoms with Gasteiger partial charge in [-0.1, -0.05) is 11.3 Å². The molecular weight excluding hydrogens is 468 g/mol. The highest BCUT2D eigenvalue weighted by Gasteiger charge is 2.38. The highest BCUT2D eigenvalue weighted by molar-refractivity contribution is 7.89. The average Bonchev–Trinajstić information content (AvgIpc) is 3.37. The average molecular weight is 495 g/mol. The van der Waals surface area contributed by atoms with Gasteiger partial charge in [0.15, 0.2) is 10.8 Å². The van der Waals surface area contributed by atoms with Crippen LogP contribution in [-0.2, 0) is 26.1 Å². The third-order valence-corrected chi connectivity index (χ3v) is 8.19. The largest absolute Gasteiger partial charge is 0.389 e. The number of imidazole rings is 1. The maximum atomic E-state index is 13.4. The van der Waals surface area contributed by atoms with E-state index >= 15 is 0 Å². The molecule has 2 aliphatic heterocycles. The number of fused-ring (bicyclic) bond motifs is 1. The Morgan fingerprint density at radius 1 is 1.27 bits per heavy atom. The number of morpholine rings is 1. The number of ether oxygens (including phenoxy) is 2. The van der Waals surface area contributed by atoms with Gasteiger partial charge in [0.2, 0.25) is 10.0 Å². The van der Waals surface area contributed by atoms with Gasteiger partial charge in [-0.15, -0.1) is 10.2 Å². The lowest BCUT2D eigenvalue weighted by Crippen LogP contribution is -2.59. The van der Waals surface area contributed by atoms with Crippen LogP contribution >= 0.6 is 11.3 Å². The SMILES string of the molecule is C[C@H]1CN(c2cc(S(=O)(=O)NC3(C)COC3)cn3c(-c4nnc(CO)s4)ncc23)C[C@H](C)O1. The Labute approximate surface area is 195 Å². The number of pyridine rings is 1. The summed E-state index contributed by atoms with van der Waals surface area (Å²) < 4.78 is 42.3. The molecule has 0 radical (unpaired) electrons. The molecule has 0 amide bonds. The Morgan fingerprint density at radius 2 is 2.00 bits per heavy atom. The predicted molar refractivity (Wildman–Crippen MR) is 122 cm³/mol. The molecule has 13 heteroatoms. The number of nitrogens with zero attached hydrogens (tertiary/aromatic N) is 5. The molecule has 2 N–H and O–H groups in total. The van der Waals surface area contributed by atoms with E-state index in [1.54, 1.807) is 22.9 Å². The normalized spacial score (nSPS) is 23.1. The van der Waals surface area contributed by atoms with E-state index < -0.39 is 15.6 Å². The van der Waals surface area contributed by atoms with Crippen molar-refractivity contribution in [3.05, 3.63) is 23.5 Å². The fourth-order valence-electron chi connectivity index (χ4n) is 4.25. The highest BCUT2D eigenvalue weighted by Crippen LogP contribution is 2.33. The van der Waals surface area contributed by atoms with Gasteiger partial charge in [-0.3, -0.25) is 4.40 Å². The zero-order chi connectivity index (χ0) is 23.4. The molecule has 178 valence electrons. The predicted octanol–water partition coefficient (Wildman–Crippen LogP) is 1.03. The third kappa shape index (κ3) is 4.24. The first-order chi connectivity index (χ1) is 15.7. The number of aliphatic hydroxyl groups excluding tert-OH is 1. The van der Waals surface area contributed by atoms with Crippen LogP contribution in [0.1, 0.15) is 25.8 Å². The van der Waals surface area contributed by atoms with E-state index in [0.717, 1.165) is 11.2 Å². The summed E-state index contributed by atoms with van der Waals surface area (Å²) in [7, 11) is -3.84. The molecule has 3 aromatic heterocycles. The molecule has 2 fully saturated rings. The maximum Gasteiger partial charge on any atom is 0.242 e. The first-order valence-electron chi connectivity index (χ1n) is 10.6. The third-order valence-electron chi connectivity index (χ3n) is 5.68. The number of aliphatic hydroxyl groups is 1. The topological polar surface area (TPSA) is 131 Å². The van der Waals surface area contributed by atoms with Crippen LogP contribution in [0.3, 0.4) is 0 Å². The number of nitrogens with one attached hydrogen (secondary N) is 1. The molecule has 0 spiro atoms. The van der Waals surface area contributed by atoms with Crippen LogP contribution < -0.4 is 9.62 Å². The van der Waals surface area contributed by atoms with Gasteiger partial charge in [0, 0.05) is 19.3 Å². The van der Waals surface area contributed by atoms with Crippen LogP contribution in [0, 0.1) is 0 Å². The number of aromatic nitrogens is 4. The molecule has 2 atom stereocenters. The number of rotatable bonds is 6. The van der Waals surface area contributed by atoms with Crippen LogP contribution in [0.25, 0.3) is 16.3 Å². The van der Waals surface area contributed by atoms with Crippen LogP contribution in [-0.4, -0.2) is 77.2 Å². The van der Waals surface area contributed by atoms with Crippen molar-refractivity contribution in [3.8, 4) is 10.8 Å². The first kappa shape index (κ1) is 22.6. The molecule has 0 unspecified atom stereocenters. The summed E-state index contributed by atoms with van der Waals surface area (Å²) >= 11 is 1.21. The summed E-state index contributed by atoms with van der Waals surface area (Å²) in [5.41, 5.74) is 0.868. The van der Waals surface area contributed by atoms with Crippen molar-refractivity contribution in [3.63, 3.8) is 0 Å². The van der Waals surface area contributed by atoms with Crippen molar-refractivity contribution in [2.75, 3.05) is 31.2 Å². The Kier molecular flexibility index (Phi) is 5.66. The van der Waals surface area contributed by atoms with E-state index in [2.05, 4.69) is 24.8 Å². The van der Waals surface area contributed by atoms with E-state index in [4.69, 9.17) is 9.47 Å². The Morgan fingerprint density at radius 3 is 2.61 bits per heavy atom. The molecule has 2 saturated heterocycles. The lowest BCUT2D eigenvalue weighted by molar-refractivity contribution is -0.0523. The highest BCUT2D eigenvalue weighted by atomic mass is 32.2. The van der Waals surface area contributed by atoms with Gasteiger partial charge in [0.05, 0.1) is 55.0 Å². The van der Waals surface area contributed by atoms with Crippen LogP contribution in [0.2, 0.25) is 0 Å². The summed E-state index contributed by atoms with van der Waals surface area (Å²) in [6.07, 6.45) is 3.26. The molecule has 2 aliphatic rings. The van der Waals surface area contributed by atoms with Gasteiger partial charge in [-0.05, 0) is 26.8 Å². The molecule has 5 heterocycles. The Hall–Kier alpha value is -2.16. The van der Waals surface area contributed by atoms with Gasteiger partial charge in [-0.2, -0.15) is 0 Å². The van der Waals surface area contributed by atoms with Gasteiger partial charge in [0.1, 0.15) is 9.90 Å². The maximum absolute atomic E-state index is 13.4. The molecular formula is C20H26N6O5S2. The second kappa shape index (κ2) is 8.25. The van der Waals surface area contributed by atoms with Crippen molar-refractivity contribution in [2.45, 2.75) is 50.0 Å². The van der Waals surface area contributed by atoms with Gasteiger partial charge >= 0.3 is 0 Å². The van der Waals surface area contributed by atoms with Crippen molar-refractivity contribution >= 4 is 32.6 Å². The van der Waals surface area contributed by atoms with E-state index in [0.29, 0.717) is 42.1 Å². The molecule has 0 saturated carbocycles. The van der Waals surface area contributed by atoms with Gasteiger partial charge in [0.25, 0.3) is 0 Å². The molecule has 3 aromatic rings. The minimum Gasteiger partial charge on any atom is -0.389 e. The molecule has 33 heavy (non-hydrogen) atoms. The van der Waals surface area contributed by atoms with Crippen molar-refractivity contribution in [1.82, 2.24) is 24.3 Å². The lowest BCUT2D eigenvalue weighted by Gasteiger charge is -2.38. The van der Waals surface area contributed by atoms with Crippen molar-refractivity contribution < 1.29 is 23.0 Å². The summed E-state index contributed by atoms with van der Waals surface area (Å²) in [5.74, 6) is 0.466. The molecule has 11 nitrogen and oxygen atoms in total. The van der Waals surface area contributed by atoms with Gasteiger partial charge < -0.3 is 19.5 Å². The quantitative estimate of drug-likeness (QED) is 0.516. The van der Waals surface area contributed by atoms with Crippen molar-refractivity contribution in [1.29, 1.82) is 0 Å². The standard InChI is InChI=1S/C20H26N6O5S2/c1-12-6-25(7-13(2)31-12)15-4-14(33(28,29)24-20(3)10-30-11-20)8-26-16(15)5-21-18(26)19-23-22-17(9-27)32-19/h4-5,8,12-13,24,27H,6-7,9-11H2,1-3H3/t12-,13-/m0/s1. The summed E-state index contributed by atoms with van der Waals surface area (Å²) in [4.78, 5) is 6.78. The summed E-state index contributed by atoms with van der Waals surface area (Å²) in [5, 5.41) is 18.4. The number of hydrogen-bond acceptors (Lipinski definition) is 10. The van der Waals surface area contributed by atoms with Crippen LogP contribution in [0.5, 0.6) is 0 Å². The number of anilines is 1. The fraction of sp³-hybridized carbons (Fsp3) is 0.550. The minimum absolute atomic E-state index is 0.00380. The van der Waals surface area contributed by atoms with E-state index in [-0.39, 0.29) is 23.7 Å². The summed E-state index contributed by atoms with van der Waals surface area (Å²) in [6.45, 7) is 7.49. The van der Waals surface area contributed by atoms with Crippen molar-refractivity contribution in [2.24, 2.45) is 0 Å². The zero-order valence-corrected chi connectivity index (χ0v) is 20.2. The monoisotopic (exact) mass is 494 g/mol. The number of hydrogen-bond donors (Lipinski definition) is 2. The minimum atomic E-state index is -3.84. The second-order valence-electron chi connectivity index (χ2n) is 8.88. The zero-order valence-electron chi connectivity index (χ0n) is 18.6. The molecule has 0 bridgehead atoms.